The number of benzene rings is 1. The van der Waals surface area contributed by atoms with Crippen molar-refractivity contribution < 1.29 is 28.8 Å². The predicted octanol–water partition coefficient (Wildman–Crippen LogP) is 3.70. The first kappa shape index (κ1) is 27.8. The fraction of sp³-hybridized carbons (Fsp3) is 0.692. The SMILES string of the molecule is COc1c(C[C@@H]([B]O[C@@H]2C[C@@H]3C[C@@H](C3(C)C)[C@]2(C)O)NC(=O)CCl)cccc1C(=O)OC(C)(C)C. The third-order valence-corrected chi connectivity index (χ3v) is 7.80. The highest BCUT2D eigenvalue weighted by molar-refractivity contribution is 6.32. The first-order valence-corrected chi connectivity index (χ1v) is 12.7. The number of alkyl halides is 1. The van der Waals surface area contributed by atoms with Crippen molar-refractivity contribution in [3.05, 3.63) is 29.3 Å². The van der Waals surface area contributed by atoms with Gasteiger partial charge in [0.2, 0.25) is 5.91 Å². The van der Waals surface area contributed by atoms with Crippen molar-refractivity contribution in [2.75, 3.05) is 13.0 Å². The maximum Gasteiger partial charge on any atom is 0.342 e. The summed E-state index contributed by atoms with van der Waals surface area (Å²) < 4.78 is 17.2. The van der Waals surface area contributed by atoms with Crippen molar-refractivity contribution in [1.29, 1.82) is 0 Å². The molecule has 2 N–H and O–H groups in total. The highest BCUT2D eigenvalue weighted by Gasteiger charge is 2.63. The van der Waals surface area contributed by atoms with E-state index in [-0.39, 0.29) is 29.2 Å². The molecule has 193 valence electrons. The van der Waals surface area contributed by atoms with E-state index in [1.54, 1.807) is 40.4 Å². The van der Waals surface area contributed by atoms with E-state index >= 15 is 0 Å². The summed E-state index contributed by atoms with van der Waals surface area (Å²) in [6.07, 6.45) is 1.68. The Hall–Kier alpha value is -1.77. The van der Waals surface area contributed by atoms with Crippen molar-refractivity contribution in [2.24, 2.45) is 17.3 Å². The van der Waals surface area contributed by atoms with Crippen molar-refractivity contribution >= 4 is 31.0 Å². The number of ether oxygens (including phenoxy) is 2. The molecule has 3 aliphatic rings. The van der Waals surface area contributed by atoms with Gasteiger partial charge in [0.05, 0.1) is 18.8 Å². The number of hydrogen-bond acceptors (Lipinski definition) is 6. The molecular formula is C26H38BClNO6. The summed E-state index contributed by atoms with van der Waals surface area (Å²) in [5.74, 6) is -0.546. The first-order chi connectivity index (χ1) is 16.2. The molecule has 0 saturated heterocycles. The monoisotopic (exact) mass is 506 g/mol. The summed E-state index contributed by atoms with van der Waals surface area (Å²) in [5, 5.41) is 14.1. The number of halogens is 1. The minimum atomic E-state index is -0.968. The molecule has 1 radical (unpaired) electrons. The topological polar surface area (TPSA) is 94.1 Å². The molecule has 9 heteroatoms. The van der Waals surface area contributed by atoms with Gasteiger partial charge in [0, 0.05) is 5.94 Å². The number of para-hydroxylation sites is 1. The van der Waals surface area contributed by atoms with Crippen LogP contribution in [0.5, 0.6) is 5.75 Å². The van der Waals surface area contributed by atoms with Gasteiger partial charge in [-0.05, 0) is 75.8 Å². The molecule has 1 amide bonds. The average molecular weight is 507 g/mol. The summed E-state index contributed by atoms with van der Waals surface area (Å²) in [6.45, 7) is 11.7. The molecule has 35 heavy (non-hydrogen) atoms. The van der Waals surface area contributed by atoms with Crippen LogP contribution in [-0.4, -0.2) is 60.7 Å². The molecule has 0 heterocycles. The Bertz CT molecular complexity index is 944. The van der Waals surface area contributed by atoms with Gasteiger partial charge in [0.15, 0.2) is 0 Å². The lowest BCUT2D eigenvalue weighted by molar-refractivity contribution is -0.239. The van der Waals surface area contributed by atoms with E-state index in [9.17, 15) is 14.7 Å². The van der Waals surface area contributed by atoms with Crippen LogP contribution < -0.4 is 10.1 Å². The summed E-state index contributed by atoms with van der Waals surface area (Å²) in [6, 6.07) is 5.23. The van der Waals surface area contributed by atoms with E-state index in [1.807, 2.05) is 13.0 Å². The smallest absolute Gasteiger partial charge is 0.342 e. The van der Waals surface area contributed by atoms with E-state index in [4.69, 9.17) is 25.7 Å². The number of esters is 1. The minimum Gasteiger partial charge on any atom is -0.496 e. The standard InChI is InChI=1S/C26H38BClNO6/c1-24(2,3)34-23(31)17-10-8-9-15(22(17)33-7)11-20(29-21(30)14-28)27-35-19-13-16-12-18(25(16,4)5)26(19,6)32/h8-10,16,18-20,32H,11-14H2,1-7H3,(H,29,30)/t16-,18-,19+,20-,26-/m0/s1. The summed E-state index contributed by atoms with van der Waals surface area (Å²) in [7, 11) is 3.06. The van der Waals surface area contributed by atoms with Crippen LogP contribution in [0.2, 0.25) is 0 Å². The van der Waals surface area contributed by atoms with Gasteiger partial charge in [-0.15, -0.1) is 11.6 Å². The third kappa shape index (κ3) is 5.97. The zero-order valence-electron chi connectivity index (χ0n) is 21.8. The molecule has 4 rings (SSSR count). The number of nitrogens with one attached hydrogen (secondary N) is 1. The average Bonchev–Trinajstić information content (AvgIpc) is 2.75. The molecule has 0 aliphatic heterocycles. The minimum absolute atomic E-state index is 0.0884. The third-order valence-electron chi connectivity index (χ3n) is 7.56. The number of carbonyl (C=O) groups excluding carboxylic acids is 2. The van der Waals surface area contributed by atoms with Gasteiger partial charge in [-0.25, -0.2) is 4.79 Å². The number of fused-ring (bicyclic) bond motifs is 2. The number of rotatable bonds is 9. The van der Waals surface area contributed by atoms with Crippen LogP contribution in [0.15, 0.2) is 18.2 Å². The van der Waals surface area contributed by atoms with Crippen LogP contribution >= 0.6 is 11.6 Å². The lowest BCUT2D eigenvalue weighted by Crippen LogP contribution is -2.67. The van der Waals surface area contributed by atoms with Crippen molar-refractivity contribution in [3.63, 3.8) is 0 Å². The zero-order valence-corrected chi connectivity index (χ0v) is 22.6. The van der Waals surface area contributed by atoms with E-state index in [0.717, 1.165) is 12.8 Å². The van der Waals surface area contributed by atoms with E-state index in [0.29, 0.717) is 29.2 Å². The second-order valence-corrected chi connectivity index (χ2v) is 11.8. The Kier molecular flexibility index (Phi) is 8.19. The van der Waals surface area contributed by atoms with Crippen LogP contribution in [0, 0.1) is 17.3 Å². The highest BCUT2D eigenvalue weighted by atomic mass is 35.5. The van der Waals surface area contributed by atoms with Gasteiger partial charge in [-0.2, -0.15) is 0 Å². The number of hydrogen-bond donors (Lipinski definition) is 2. The predicted molar refractivity (Wildman–Crippen MR) is 136 cm³/mol. The number of amides is 1. The van der Waals surface area contributed by atoms with Gasteiger partial charge < -0.3 is 24.6 Å². The molecule has 0 spiro atoms. The van der Waals surface area contributed by atoms with Crippen LogP contribution in [0.4, 0.5) is 0 Å². The number of aliphatic hydroxyl groups is 1. The van der Waals surface area contributed by atoms with Gasteiger partial charge in [-0.3, -0.25) is 4.79 Å². The second-order valence-electron chi connectivity index (χ2n) is 11.5. The Labute approximate surface area is 214 Å². The van der Waals surface area contributed by atoms with Crippen molar-refractivity contribution in [1.82, 2.24) is 5.32 Å². The molecule has 2 bridgehead atoms. The van der Waals surface area contributed by atoms with Gasteiger partial charge >= 0.3 is 13.5 Å². The van der Waals surface area contributed by atoms with Gasteiger partial charge in [-0.1, -0.05) is 26.0 Å². The molecule has 7 nitrogen and oxygen atoms in total. The van der Waals surface area contributed by atoms with Crippen molar-refractivity contribution in [3.8, 4) is 5.75 Å². The normalized spacial score (nSPS) is 27.9. The maximum atomic E-state index is 12.7. The molecule has 5 atom stereocenters. The second kappa shape index (κ2) is 10.3. The first-order valence-electron chi connectivity index (χ1n) is 12.2. The molecule has 3 saturated carbocycles. The van der Waals surface area contributed by atoms with Crippen LogP contribution in [0.1, 0.15) is 70.3 Å². The molecule has 3 aliphatic carbocycles. The number of methoxy groups -OCH3 is 1. The summed E-state index contributed by atoms with van der Waals surface area (Å²) in [4.78, 5) is 24.9. The van der Waals surface area contributed by atoms with E-state index in [2.05, 4.69) is 19.2 Å². The molecule has 3 fully saturated rings. The Balaban J connectivity index is 1.77. The Morgan fingerprint density at radius 1 is 1.26 bits per heavy atom. The van der Waals surface area contributed by atoms with E-state index < -0.39 is 23.1 Å². The van der Waals surface area contributed by atoms with Crippen LogP contribution in [0.25, 0.3) is 0 Å². The van der Waals surface area contributed by atoms with Gasteiger partial charge in [0.1, 0.15) is 22.8 Å². The molecule has 1 aromatic rings. The zero-order chi connectivity index (χ0) is 26.2. The quantitative estimate of drug-likeness (QED) is 0.301. The fourth-order valence-electron chi connectivity index (χ4n) is 5.61. The maximum absolute atomic E-state index is 12.7. The molecule has 0 aromatic heterocycles. The van der Waals surface area contributed by atoms with Crippen LogP contribution in [-0.2, 0) is 20.6 Å². The van der Waals surface area contributed by atoms with Crippen LogP contribution in [0.3, 0.4) is 0 Å². The summed E-state index contributed by atoms with van der Waals surface area (Å²) >= 11 is 5.74. The fourth-order valence-corrected chi connectivity index (χ4v) is 5.69. The van der Waals surface area contributed by atoms with Gasteiger partial charge in [0.25, 0.3) is 0 Å². The molecular weight excluding hydrogens is 469 g/mol. The Morgan fingerprint density at radius 3 is 2.49 bits per heavy atom. The largest absolute Gasteiger partial charge is 0.496 e. The number of carbonyl (C=O) groups is 2. The summed E-state index contributed by atoms with van der Waals surface area (Å²) in [5.41, 5.74) is -0.520. The lowest BCUT2D eigenvalue weighted by Gasteiger charge is -2.65. The lowest BCUT2D eigenvalue weighted by atomic mass is 9.43. The van der Waals surface area contributed by atoms with Crippen molar-refractivity contribution in [2.45, 2.75) is 84.1 Å². The molecule has 0 unspecified atom stereocenters. The molecule has 1 aromatic carbocycles. The highest BCUT2D eigenvalue weighted by Crippen LogP contribution is 2.63. The Morgan fingerprint density at radius 2 is 1.94 bits per heavy atom. The van der Waals surface area contributed by atoms with E-state index in [1.165, 1.54) is 7.11 Å².